The third kappa shape index (κ3) is 4.61. The van der Waals surface area contributed by atoms with Gasteiger partial charge in [-0.1, -0.05) is 103 Å². The van der Waals surface area contributed by atoms with E-state index >= 15 is 0 Å². The van der Waals surface area contributed by atoms with E-state index in [0.29, 0.717) is 30.4 Å². The molecule has 0 saturated carbocycles. The maximum Gasteiger partial charge on any atom is 0.163 e. The summed E-state index contributed by atoms with van der Waals surface area (Å²) in [5.74, 6) is 0.207. The zero-order valence-electron chi connectivity index (χ0n) is 19.0. The molecular formula is C31H27NO2. The Labute approximate surface area is 200 Å². The Morgan fingerprint density at radius 1 is 0.559 bits per heavy atom. The number of benzene rings is 4. The molecule has 3 nitrogen and oxygen atoms in total. The first-order chi connectivity index (χ1) is 16.7. The van der Waals surface area contributed by atoms with E-state index in [4.69, 9.17) is 0 Å². The van der Waals surface area contributed by atoms with Gasteiger partial charge in [-0.05, 0) is 34.7 Å². The number of rotatable bonds is 6. The van der Waals surface area contributed by atoms with E-state index in [1.54, 1.807) is 6.07 Å². The third-order valence-electron chi connectivity index (χ3n) is 6.53. The van der Waals surface area contributed by atoms with Crippen molar-refractivity contribution in [3.63, 3.8) is 0 Å². The van der Waals surface area contributed by atoms with E-state index in [2.05, 4.69) is 41.7 Å². The molecule has 0 amide bonds. The third-order valence-corrected chi connectivity index (χ3v) is 6.53. The molecule has 0 saturated heterocycles. The lowest BCUT2D eigenvalue weighted by Gasteiger charge is -2.29. The highest BCUT2D eigenvalue weighted by Crippen LogP contribution is 2.33. The number of hydrogen-bond donors (Lipinski definition) is 1. The zero-order valence-corrected chi connectivity index (χ0v) is 19.0. The number of hydrogen-bond acceptors (Lipinski definition) is 3. The predicted molar refractivity (Wildman–Crippen MR) is 135 cm³/mol. The maximum absolute atomic E-state index is 13.2. The maximum atomic E-state index is 13.2. The molecule has 1 atom stereocenters. The standard InChI is InChI=1S/C31H27NO2/c33-28-17-10-18-29(34)27-21-25(28)19-20-26(27)31(24-15-8-3-9-16-24)32-30(22-11-4-1-5-12-22)23-13-6-2-7-14-23/h1-9,11-16,19-21,30-32H,10,17-18H2. The van der Waals surface area contributed by atoms with Crippen LogP contribution in [0.15, 0.2) is 109 Å². The van der Waals surface area contributed by atoms with Crippen LogP contribution < -0.4 is 5.32 Å². The minimum absolute atomic E-state index is 0.0789. The summed E-state index contributed by atoms with van der Waals surface area (Å²) in [4.78, 5) is 25.7. The summed E-state index contributed by atoms with van der Waals surface area (Å²) in [5, 5.41) is 3.87. The van der Waals surface area contributed by atoms with E-state index in [1.807, 2.05) is 66.7 Å². The summed E-state index contributed by atoms with van der Waals surface area (Å²) >= 11 is 0. The van der Waals surface area contributed by atoms with Crippen molar-refractivity contribution >= 4 is 11.6 Å². The summed E-state index contributed by atoms with van der Waals surface area (Å²) in [7, 11) is 0. The van der Waals surface area contributed by atoms with Gasteiger partial charge >= 0.3 is 0 Å². The number of carbonyl (C=O) groups is 2. The fourth-order valence-corrected chi connectivity index (χ4v) is 4.77. The van der Waals surface area contributed by atoms with Gasteiger partial charge in [0.1, 0.15) is 0 Å². The van der Waals surface area contributed by atoms with Crippen molar-refractivity contribution in [1.29, 1.82) is 0 Å². The van der Waals surface area contributed by atoms with Crippen LogP contribution in [-0.4, -0.2) is 11.6 Å². The van der Waals surface area contributed by atoms with Crippen LogP contribution in [0.5, 0.6) is 0 Å². The number of fused-ring (bicyclic) bond motifs is 2. The zero-order chi connectivity index (χ0) is 23.3. The summed E-state index contributed by atoms with van der Waals surface area (Å²) in [6, 6.07) is 36.3. The van der Waals surface area contributed by atoms with Crippen molar-refractivity contribution < 1.29 is 9.59 Å². The first-order valence-corrected chi connectivity index (χ1v) is 11.8. The van der Waals surface area contributed by atoms with Crippen LogP contribution in [-0.2, 0) is 0 Å². The first kappa shape index (κ1) is 22.0. The number of ketones is 2. The second-order valence-electron chi connectivity index (χ2n) is 8.77. The smallest absolute Gasteiger partial charge is 0.163 e. The first-order valence-electron chi connectivity index (χ1n) is 11.8. The van der Waals surface area contributed by atoms with Crippen molar-refractivity contribution in [3.8, 4) is 0 Å². The van der Waals surface area contributed by atoms with Gasteiger partial charge in [0.15, 0.2) is 11.6 Å². The number of carbonyl (C=O) groups excluding carboxylic acids is 2. The Bertz CT molecular complexity index is 1240. The molecule has 1 aliphatic rings. The molecule has 0 aromatic heterocycles. The SMILES string of the molecule is O=C1CCCC(=O)c2cc1ccc2C(NC(c1ccccc1)c1ccccc1)c1ccccc1. The molecule has 0 fully saturated rings. The Kier molecular flexibility index (Phi) is 6.46. The Morgan fingerprint density at radius 3 is 1.62 bits per heavy atom. The Balaban J connectivity index is 1.65. The number of Topliss-reactive ketones (excluding diaryl/α,β-unsaturated/α-hetero) is 2. The van der Waals surface area contributed by atoms with Gasteiger partial charge in [-0.15, -0.1) is 0 Å². The van der Waals surface area contributed by atoms with Gasteiger partial charge in [0.25, 0.3) is 0 Å². The predicted octanol–water partition coefficient (Wildman–Crippen LogP) is 6.70. The Hall–Kier alpha value is -3.82. The second kappa shape index (κ2) is 9.98. The molecule has 1 unspecified atom stereocenters. The van der Waals surface area contributed by atoms with Gasteiger partial charge in [0.2, 0.25) is 0 Å². The van der Waals surface area contributed by atoms with Gasteiger partial charge in [0.05, 0.1) is 12.1 Å². The highest BCUT2D eigenvalue weighted by atomic mass is 16.1. The topological polar surface area (TPSA) is 46.2 Å². The molecule has 1 aliphatic carbocycles. The van der Waals surface area contributed by atoms with Crippen LogP contribution in [0.25, 0.3) is 0 Å². The Morgan fingerprint density at radius 2 is 1.06 bits per heavy atom. The fourth-order valence-electron chi connectivity index (χ4n) is 4.77. The fraction of sp³-hybridized carbons (Fsp3) is 0.161. The lowest BCUT2D eigenvalue weighted by Crippen LogP contribution is -2.30. The number of nitrogens with one attached hydrogen (secondary N) is 1. The summed E-state index contributed by atoms with van der Waals surface area (Å²) in [6.07, 6.45) is 1.42. The van der Waals surface area contributed by atoms with Crippen molar-refractivity contribution in [2.24, 2.45) is 0 Å². The second-order valence-corrected chi connectivity index (χ2v) is 8.77. The molecule has 2 bridgehead atoms. The average Bonchev–Trinajstić information content (AvgIpc) is 2.90. The summed E-state index contributed by atoms with van der Waals surface area (Å²) < 4.78 is 0. The van der Waals surface area contributed by atoms with Crippen molar-refractivity contribution in [2.45, 2.75) is 31.3 Å². The van der Waals surface area contributed by atoms with Gasteiger partial charge in [-0.25, -0.2) is 0 Å². The van der Waals surface area contributed by atoms with E-state index in [-0.39, 0.29) is 23.7 Å². The highest BCUT2D eigenvalue weighted by Gasteiger charge is 2.27. The molecule has 0 heterocycles. The lowest BCUT2D eigenvalue weighted by molar-refractivity contribution is 0.0948. The van der Waals surface area contributed by atoms with Crippen LogP contribution in [0.1, 0.15) is 74.3 Å². The van der Waals surface area contributed by atoms with E-state index in [1.165, 1.54) is 0 Å². The minimum Gasteiger partial charge on any atom is -0.295 e. The molecule has 3 heteroatoms. The quantitative estimate of drug-likeness (QED) is 0.359. The molecule has 4 aromatic carbocycles. The monoisotopic (exact) mass is 445 g/mol. The van der Waals surface area contributed by atoms with Crippen LogP contribution >= 0.6 is 0 Å². The van der Waals surface area contributed by atoms with Crippen molar-refractivity contribution in [2.75, 3.05) is 0 Å². The van der Waals surface area contributed by atoms with Gasteiger partial charge in [-0.3, -0.25) is 14.9 Å². The lowest BCUT2D eigenvalue weighted by atomic mass is 9.86. The molecular weight excluding hydrogens is 418 g/mol. The van der Waals surface area contributed by atoms with Gasteiger partial charge in [0, 0.05) is 24.0 Å². The minimum atomic E-state index is -0.228. The van der Waals surface area contributed by atoms with Crippen LogP contribution in [0.2, 0.25) is 0 Å². The molecule has 4 aromatic rings. The normalized spacial score (nSPS) is 14.5. The van der Waals surface area contributed by atoms with Crippen molar-refractivity contribution in [1.82, 2.24) is 5.32 Å². The average molecular weight is 446 g/mol. The largest absolute Gasteiger partial charge is 0.295 e. The molecule has 5 rings (SSSR count). The van der Waals surface area contributed by atoms with E-state index in [9.17, 15) is 9.59 Å². The molecule has 1 N–H and O–H groups in total. The molecule has 0 spiro atoms. The van der Waals surface area contributed by atoms with E-state index in [0.717, 1.165) is 22.3 Å². The highest BCUT2D eigenvalue weighted by molar-refractivity contribution is 6.04. The van der Waals surface area contributed by atoms with Crippen LogP contribution in [0.4, 0.5) is 0 Å². The van der Waals surface area contributed by atoms with Crippen molar-refractivity contribution in [3.05, 3.63) is 143 Å². The molecule has 0 aliphatic heterocycles. The summed E-state index contributed by atoms with van der Waals surface area (Å²) in [6.45, 7) is 0. The van der Waals surface area contributed by atoms with Gasteiger partial charge < -0.3 is 0 Å². The van der Waals surface area contributed by atoms with E-state index < -0.39 is 0 Å². The van der Waals surface area contributed by atoms with Gasteiger partial charge in [-0.2, -0.15) is 0 Å². The van der Waals surface area contributed by atoms with Crippen LogP contribution in [0.3, 0.4) is 0 Å². The summed E-state index contributed by atoms with van der Waals surface area (Å²) in [5.41, 5.74) is 5.55. The van der Waals surface area contributed by atoms with Crippen LogP contribution in [0, 0.1) is 0 Å². The molecule has 34 heavy (non-hydrogen) atoms. The molecule has 168 valence electrons. The molecule has 0 radical (unpaired) electrons.